The Morgan fingerprint density at radius 2 is 2.07 bits per heavy atom. The van der Waals surface area contributed by atoms with E-state index in [-0.39, 0.29) is 12.0 Å². The van der Waals surface area contributed by atoms with Crippen LogP contribution in [0.5, 0.6) is 0 Å². The van der Waals surface area contributed by atoms with E-state index in [0.717, 1.165) is 25.7 Å². The van der Waals surface area contributed by atoms with E-state index in [0.29, 0.717) is 6.61 Å². The molecule has 0 rings (SSSR count). The second kappa shape index (κ2) is 8.87. The lowest BCUT2D eigenvalue weighted by Crippen LogP contribution is -2.23. The van der Waals surface area contributed by atoms with Crippen molar-refractivity contribution in [2.24, 2.45) is 5.92 Å². The molecule has 0 aliphatic heterocycles. The number of hydrogen-bond acceptors (Lipinski definition) is 3. The summed E-state index contributed by atoms with van der Waals surface area (Å²) in [7, 11) is -1.82. The highest BCUT2D eigenvalue weighted by molar-refractivity contribution is 7.75. The molecule has 0 radical (unpaired) electrons. The molecule has 0 amide bonds. The minimum atomic E-state index is -1.82. The average Bonchev–Trinajstić information content (AvgIpc) is 2.15. The zero-order chi connectivity index (χ0) is 11.0. The molecule has 86 valence electrons. The second-order valence-corrected chi connectivity index (χ2v) is 4.98. The first-order chi connectivity index (χ1) is 6.61. The summed E-state index contributed by atoms with van der Waals surface area (Å²) in [5, 5.41) is 9.76. The van der Waals surface area contributed by atoms with Crippen molar-refractivity contribution in [1.82, 2.24) is 0 Å². The normalized spacial score (nSPS) is 17.8. The molecule has 0 aromatic carbocycles. The van der Waals surface area contributed by atoms with E-state index in [9.17, 15) is 5.11 Å². The molecule has 0 fully saturated rings. The Labute approximate surface area is 92.1 Å². The van der Waals surface area contributed by atoms with Gasteiger partial charge in [-0.05, 0) is 24.1 Å². The van der Waals surface area contributed by atoms with Crippen LogP contribution in [0.1, 0.15) is 39.5 Å². The van der Waals surface area contributed by atoms with Gasteiger partial charge in [-0.1, -0.05) is 26.7 Å². The Bertz CT molecular complexity index is 135. The molecule has 3 nitrogen and oxygen atoms in total. The van der Waals surface area contributed by atoms with Crippen LogP contribution in [-0.2, 0) is 4.52 Å². The summed E-state index contributed by atoms with van der Waals surface area (Å²) in [5.74, 6) is 0.0810. The van der Waals surface area contributed by atoms with E-state index in [1.54, 1.807) is 0 Å². The highest BCUT2D eigenvalue weighted by atomic mass is 35.7. The van der Waals surface area contributed by atoms with Gasteiger partial charge < -0.3 is 14.5 Å². The number of rotatable bonds is 8. The molecule has 0 saturated carbocycles. The van der Waals surface area contributed by atoms with Crippen molar-refractivity contribution in [1.29, 1.82) is 0 Å². The number of hydrogen-bond donors (Lipinski definition) is 2. The van der Waals surface area contributed by atoms with Crippen LogP contribution in [0, 0.1) is 5.92 Å². The largest absolute Gasteiger partial charge is 0.393 e. The van der Waals surface area contributed by atoms with E-state index in [4.69, 9.17) is 20.7 Å². The lowest BCUT2D eigenvalue weighted by atomic mass is 9.96. The molecule has 0 heterocycles. The molecule has 0 bridgehead atoms. The van der Waals surface area contributed by atoms with Crippen molar-refractivity contribution in [3.63, 3.8) is 0 Å². The van der Waals surface area contributed by atoms with Gasteiger partial charge in [0.1, 0.15) is 0 Å². The van der Waals surface area contributed by atoms with Gasteiger partial charge in [0.2, 0.25) is 0 Å². The van der Waals surface area contributed by atoms with Crippen LogP contribution in [0.25, 0.3) is 0 Å². The summed E-state index contributed by atoms with van der Waals surface area (Å²) in [6.45, 7) is 4.43. The van der Waals surface area contributed by atoms with Crippen LogP contribution in [0.4, 0.5) is 0 Å². The maximum absolute atomic E-state index is 9.76. The van der Waals surface area contributed by atoms with Gasteiger partial charge in [-0.15, -0.1) is 0 Å². The lowest BCUT2D eigenvalue weighted by Gasteiger charge is -2.21. The number of aliphatic hydroxyl groups is 1. The lowest BCUT2D eigenvalue weighted by molar-refractivity contribution is 0.0656. The average molecular weight is 243 g/mol. The fourth-order valence-corrected chi connectivity index (χ4v) is 1.79. The Morgan fingerprint density at radius 1 is 1.43 bits per heavy atom. The number of halogens is 1. The Kier molecular flexibility index (Phi) is 9.25. The quantitative estimate of drug-likeness (QED) is 0.643. The van der Waals surface area contributed by atoms with Gasteiger partial charge in [0, 0.05) is 5.92 Å². The van der Waals surface area contributed by atoms with Crippen LogP contribution in [0.2, 0.25) is 0 Å². The van der Waals surface area contributed by atoms with Crippen LogP contribution < -0.4 is 0 Å². The van der Waals surface area contributed by atoms with E-state index in [2.05, 4.69) is 6.92 Å². The first kappa shape index (κ1) is 14.6. The molecule has 0 aromatic heterocycles. The van der Waals surface area contributed by atoms with Gasteiger partial charge in [-0.25, -0.2) is 0 Å². The molecular weight excluding hydrogens is 223 g/mol. The molecule has 0 aliphatic carbocycles. The maximum Gasteiger partial charge on any atom is 0.274 e. The highest BCUT2D eigenvalue weighted by Gasteiger charge is 2.18. The standard InChI is InChI=1S/C9H20ClO3P/c1-3-5-6-9(11)8(4-2)7-13-14(10)12/h8-9,11-12H,3-7H2,1-2H3. The summed E-state index contributed by atoms with van der Waals surface area (Å²) in [6, 6.07) is 0. The van der Waals surface area contributed by atoms with Gasteiger partial charge >= 0.3 is 0 Å². The zero-order valence-corrected chi connectivity index (χ0v) is 10.5. The van der Waals surface area contributed by atoms with Crippen molar-refractivity contribution in [3.05, 3.63) is 0 Å². The summed E-state index contributed by atoms with van der Waals surface area (Å²) >= 11 is 5.30. The minimum absolute atomic E-state index is 0.0810. The van der Waals surface area contributed by atoms with Crippen molar-refractivity contribution in [2.75, 3.05) is 6.61 Å². The fourth-order valence-electron chi connectivity index (χ4n) is 1.31. The molecule has 2 N–H and O–H groups in total. The van der Waals surface area contributed by atoms with E-state index < -0.39 is 7.73 Å². The third-order valence-electron chi connectivity index (χ3n) is 2.32. The SMILES string of the molecule is CCCCC(O)C(CC)COP(O)Cl. The fraction of sp³-hybridized carbons (Fsp3) is 1.00. The van der Waals surface area contributed by atoms with Gasteiger partial charge in [0.15, 0.2) is 0 Å². The van der Waals surface area contributed by atoms with Gasteiger partial charge in [-0.3, -0.25) is 0 Å². The first-order valence-corrected chi connectivity index (χ1v) is 7.19. The summed E-state index contributed by atoms with van der Waals surface area (Å²) in [6.07, 6.45) is 3.39. The maximum atomic E-state index is 9.76. The number of unbranched alkanes of at least 4 members (excludes halogenated alkanes) is 1. The Hall–Kier alpha value is 0.600. The smallest absolute Gasteiger partial charge is 0.274 e. The van der Waals surface area contributed by atoms with Crippen molar-refractivity contribution < 1.29 is 14.5 Å². The third-order valence-corrected chi connectivity index (χ3v) is 2.97. The Balaban J connectivity index is 3.74. The van der Waals surface area contributed by atoms with Crippen LogP contribution in [0.3, 0.4) is 0 Å². The molecule has 0 saturated heterocycles. The molecule has 14 heavy (non-hydrogen) atoms. The molecular formula is C9H20ClO3P. The third kappa shape index (κ3) is 6.97. The molecule has 5 heteroatoms. The van der Waals surface area contributed by atoms with E-state index in [1.807, 2.05) is 6.92 Å². The van der Waals surface area contributed by atoms with Crippen LogP contribution >= 0.6 is 19.0 Å². The van der Waals surface area contributed by atoms with Crippen molar-refractivity contribution >= 4 is 19.0 Å². The van der Waals surface area contributed by atoms with Gasteiger partial charge in [0.05, 0.1) is 12.7 Å². The summed E-state index contributed by atoms with van der Waals surface area (Å²) < 4.78 is 4.92. The highest BCUT2D eigenvalue weighted by Crippen LogP contribution is 2.37. The van der Waals surface area contributed by atoms with Crippen molar-refractivity contribution in [2.45, 2.75) is 45.6 Å². The van der Waals surface area contributed by atoms with E-state index in [1.165, 1.54) is 0 Å². The summed E-state index contributed by atoms with van der Waals surface area (Å²) in [4.78, 5) is 8.78. The van der Waals surface area contributed by atoms with Crippen LogP contribution in [0.15, 0.2) is 0 Å². The topological polar surface area (TPSA) is 49.7 Å². The van der Waals surface area contributed by atoms with Gasteiger partial charge in [0.25, 0.3) is 7.73 Å². The molecule has 3 atom stereocenters. The van der Waals surface area contributed by atoms with Crippen molar-refractivity contribution in [3.8, 4) is 0 Å². The minimum Gasteiger partial charge on any atom is -0.393 e. The first-order valence-electron chi connectivity index (χ1n) is 5.07. The predicted molar refractivity (Wildman–Crippen MR) is 60.3 cm³/mol. The second-order valence-electron chi connectivity index (χ2n) is 3.40. The molecule has 3 unspecified atom stereocenters. The Morgan fingerprint density at radius 3 is 2.50 bits per heavy atom. The van der Waals surface area contributed by atoms with E-state index >= 15 is 0 Å². The molecule has 0 aliphatic rings. The monoisotopic (exact) mass is 242 g/mol. The predicted octanol–water partition coefficient (Wildman–Crippen LogP) is 3.04. The zero-order valence-electron chi connectivity index (χ0n) is 8.82. The molecule has 0 aromatic rings. The molecule has 0 spiro atoms. The summed E-state index contributed by atoms with van der Waals surface area (Å²) in [5.41, 5.74) is 0. The van der Waals surface area contributed by atoms with Crippen LogP contribution in [-0.4, -0.2) is 22.7 Å². The van der Waals surface area contributed by atoms with Gasteiger partial charge in [-0.2, -0.15) is 0 Å². The number of aliphatic hydroxyl groups excluding tert-OH is 1.